The summed E-state index contributed by atoms with van der Waals surface area (Å²) in [6.45, 7) is 13.1. The predicted octanol–water partition coefficient (Wildman–Crippen LogP) is 2.52. The molecule has 1 aromatic heterocycles. The topological polar surface area (TPSA) is 28.2 Å². The Hall–Kier alpha value is -0.450. The normalized spacial score (nSPS) is 12.4. The Morgan fingerprint density at radius 3 is 2.71 bits per heavy atom. The highest BCUT2D eigenvalue weighted by Crippen LogP contribution is 2.19. The molecule has 0 unspecified atom stereocenters. The van der Waals surface area contributed by atoms with Crippen molar-refractivity contribution < 1.29 is 0 Å². The van der Waals surface area contributed by atoms with E-state index in [9.17, 15) is 0 Å². The molecule has 1 heterocycles. The van der Waals surface area contributed by atoms with E-state index >= 15 is 0 Å². The van der Waals surface area contributed by atoms with Crippen molar-refractivity contribution in [2.75, 3.05) is 26.7 Å². The summed E-state index contributed by atoms with van der Waals surface area (Å²) >= 11 is 1.75. The maximum atomic E-state index is 4.30. The van der Waals surface area contributed by atoms with Crippen LogP contribution in [-0.4, -0.2) is 36.6 Å². The maximum absolute atomic E-state index is 4.30. The minimum Gasteiger partial charge on any atom is -0.316 e. The lowest BCUT2D eigenvalue weighted by molar-refractivity contribution is 0.200. The van der Waals surface area contributed by atoms with Crippen LogP contribution < -0.4 is 5.32 Å². The Balaban J connectivity index is 2.43. The van der Waals surface area contributed by atoms with Gasteiger partial charge in [-0.2, -0.15) is 0 Å². The SMILES string of the molecule is CCNCC(C)(C)CN(C)Cc1scnc1C. The Kier molecular flexibility index (Phi) is 5.56. The second-order valence-corrected chi connectivity index (χ2v) is 6.42. The molecule has 0 fully saturated rings. The quantitative estimate of drug-likeness (QED) is 0.811. The lowest BCUT2D eigenvalue weighted by atomic mass is 9.93. The fraction of sp³-hybridized carbons (Fsp3) is 0.769. The van der Waals surface area contributed by atoms with E-state index in [2.05, 4.69) is 49.9 Å². The van der Waals surface area contributed by atoms with Gasteiger partial charge in [0.2, 0.25) is 0 Å². The first-order valence-corrected chi connectivity index (χ1v) is 7.11. The van der Waals surface area contributed by atoms with Crippen LogP contribution in [0.3, 0.4) is 0 Å². The summed E-state index contributed by atoms with van der Waals surface area (Å²) in [5.74, 6) is 0. The lowest BCUT2D eigenvalue weighted by Crippen LogP contribution is -2.38. The first kappa shape index (κ1) is 14.6. The number of thiazole rings is 1. The fourth-order valence-electron chi connectivity index (χ4n) is 2.03. The van der Waals surface area contributed by atoms with Crippen LogP contribution in [-0.2, 0) is 6.54 Å². The average Bonchev–Trinajstić information content (AvgIpc) is 2.61. The van der Waals surface area contributed by atoms with Gasteiger partial charge in [0, 0.05) is 24.5 Å². The van der Waals surface area contributed by atoms with Gasteiger partial charge < -0.3 is 10.2 Å². The van der Waals surface area contributed by atoms with Crippen LogP contribution in [0.25, 0.3) is 0 Å². The molecule has 0 radical (unpaired) electrons. The summed E-state index contributed by atoms with van der Waals surface area (Å²) in [5.41, 5.74) is 3.41. The third kappa shape index (κ3) is 5.15. The Morgan fingerprint density at radius 1 is 1.47 bits per heavy atom. The molecule has 0 saturated heterocycles. The van der Waals surface area contributed by atoms with Gasteiger partial charge in [0.1, 0.15) is 0 Å². The second kappa shape index (κ2) is 6.47. The van der Waals surface area contributed by atoms with Crippen LogP contribution >= 0.6 is 11.3 Å². The number of rotatable bonds is 7. The van der Waals surface area contributed by atoms with Crippen molar-refractivity contribution in [3.8, 4) is 0 Å². The number of hydrogen-bond acceptors (Lipinski definition) is 4. The van der Waals surface area contributed by atoms with E-state index in [1.165, 1.54) is 10.6 Å². The molecule has 0 amide bonds. The number of aromatic nitrogens is 1. The van der Waals surface area contributed by atoms with Gasteiger partial charge in [0.15, 0.2) is 0 Å². The van der Waals surface area contributed by atoms with Crippen LogP contribution in [0.1, 0.15) is 31.3 Å². The molecule has 17 heavy (non-hydrogen) atoms. The first-order valence-electron chi connectivity index (χ1n) is 6.23. The van der Waals surface area contributed by atoms with Crippen molar-refractivity contribution in [3.05, 3.63) is 16.1 Å². The summed E-state index contributed by atoms with van der Waals surface area (Å²) in [6.07, 6.45) is 0. The van der Waals surface area contributed by atoms with Crippen molar-refractivity contribution in [2.24, 2.45) is 5.41 Å². The molecule has 1 rings (SSSR count). The predicted molar refractivity (Wildman–Crippen MR) is 75.5 cm³/mol. The third-order valence-electron chi connectivity index (χ3n) is 2.81. The molecular weight excluding hydrogens is 230 g/mol. The third-order valence-corrected chi connectivity index (χ3v) is 3.73. The van der Waals surface area contributed by atoms with Crippen LogP contribution in [0, 0.1) is 12.3 Å². The lowest BCUT2D eigenvalue weighted by Gasteiger charge is -2.30. The molecule has 98 valence electrons. The van der Waals surface area contributed by atoms with Crippen molar-refractivity contribution in [2.45, 2.75) is 34.2 Å². The molecule has 0 bridgehead atoms. The molecule has 0 atom stereocenters. The average molecular weight is 255 g/mol. The summed E-state index contributed by atoms with van der Waals surface area (Å²) in [4.78, 5) is 8.06. The van der Waals surface area contributed by atoms with Crippen molar-refractivity contribution >= 4 is 11.3 Å². The van der Waals surface area contributed by atoms with Crippen molar-refractivity contribution in [3.63, 3.8) is 0 Å². The van der Waals surface area contributed by atoms with E-state index < -0.39 is 0 Å². The second-order valence-electron chi connectivity index (χ2n) is 5.48. The highest BCUT2D eigenvalue weighted by molar-refractivity contribution is 7.09. The minimum atomic E-state index is 0.309. The van der Waals surface area contributed by atoms with Gasteiger partial charge in [-0.3, -0.25) is 0 Å². The maximum Gasteiger partial charge on any atom is 0.0798 e. The van der Waals surface area contributed by atoms with Crippen LogP contribution in [0.4, 0.5) is 0 Å². The highest BCUT2D eigenvalue weighted by atomic mass is 32.1. The molecule has 0 aromatic carbocycles. The van der Waals surface area contributed by atoms with E-state index in [1.54, 1.807) is 11.3 Å². The number of hydrogen-bond donors (Lipinski definition) is 1. The molecule has 0 aliphatic heterocycles. The van der Waals surface area contributed by atoms with Gasteiger partial charge >= 0.3 is 0 Å². The molecule has 1 aromatic rings. The van der Waals surface area contributed by atoms with E-state index in [-0.39, 0.29) is 0 Å². The largest absolute Gasteiger partial charge is 0.316 e. The van der Waals surface area contributed by atoms with Gasteiger partial charge in [0.05, 0.1) is 11.2 Å². The van der Waals surface area contributed by atoms with Crippen molar-refractivity contribution in [1.82, 2.24) is 15.2 Å². The zero-order chi connectivity index (χ0) is 12.9. The van der Waals surface area contributed by atoms with Crippen molar-refractivity contribution in [1.29, 1.82) is 0 Å². The Labute approximate surface area is 109 Å². The summed E-state index contributed by atoms with van der Waals surface area (Å²) < 4.78 is 0. The Bertz CT molecular complexity index is 333. The number of nitrogens with zero attached hydrogens (tertiary/aromatic N) is 2. The summed E-state index contributed by atoms with van der Waals surface area (Å²) in [6, 6.07) is 0. The van der Waals surface area contributed by atoms with E-state index in [0.29, 0.717) is 5.41 Å². The van der Waals surface area contributed by atoms with Gasteiger partial charge in [0.25, 0.3) is 0 Å². The minimum absolute atomic E-state index is 0.309. The standard InChI is InChI=1S/C13H25N3S/c1-6-14-8-13(3,4)9-16(5)7-12-11(2)15-10-17-12/h10,14H,6-9H2,1-5H3. The van der Waals surface area contributed by atoms with Gasteiger partial charge in [-0.05, 0) is 25.9 Å². The summed E-state index contributed by atoms with van der Waals surface area (Å²) in [7, 11) is 2.19. The number of aryl methyl sites for hydroxylation is 1. The summed E-state index contributed by atoms with van der Waals surface area (Å²) in [5, 5.41) is 3.43. The van der Waals surface area contributed by atoms with E-state index in [0.717, 1.165) is 26.2 Å². The number of nitrogens with one attached hydrogen (secondary N) is 1. The molecule has 0 aliphatic rings. The molecule has 3 nitrogen and oxygen atoms in total. The zero-order valence-corrected chi connectivity index (χ0v) is 12.5. The van der Waals surface area contributed by atoms with E-state index in [1.807, 2.05) is 5.51 Å². The fourth-order valence-corrected chi connectivity index (χ4v) is 2.89. The first-order chi connectivity index (χ1) is 7.94. The van der Waals surface area contributed by atoms with E-state index in [4.69, 9.17) is 0 Å². The molecular formula is C13H25N3S. The molecule has 4 heteroatoms. The van der Waals surface area contributed by atoms with Crippen LogP contribution in [0.15, 0.2) is 5.51 Å². The smallest absolute Gasteiger partial charge is 0.0798 e. The molecule has 0 aliphatic carbocycles. The van der Waals surface area contributed by atoms with Crippen LogP contribution in [0.5, 0.6) is 0 Å². The van der Waals surface area contributed by atoms with Gasteiger partial charge in [-0.25, -0.2) is 4.98 Å². The molecule has 0 saturated carbocycles. The van der Waals surface area contributed by atoms with Crippen LogP contribution in [0.2, 0.25) is 0 Å². The molecule has 0 spiro atoms. The monoisotopic (exact) mass is 255 g/mol. The molecule has 1 N–H and O–H groups in total. The van der Waals surface area contributed by atoms with Gasteiger partial charge in [-0.1, -0.05) is 20.8 Å². The Morgan fingerprint density at radius 2 is 2.18 bits per heavy atom. The highest BCUT2D eigenvalue weighted by Gasteiger charge is 2.20. The zero-order valence-electron chi connectivity index (χ0n) is 11.7. The van der Waals surface area contributed by atoms with Gasteiger partial charge in [-0.15, -0.1) is 11.3 Å².